The van der Waals surface area contributed by atoms with Gasteiger partial charge in [0.1, 0.15) is 46.0 Å². The Labute approximate surface area is 397 Å². The van der Waals surface area contributed by atoms with E-state index in [0.29, 0.717) is 56.9 Å². The molecule has 4 amide bonds. The van der Waals surface area contributed by atoms with Crippen molar-refractivity contribution in [3.63, 3.8) is 0 Å². The predicted molar refractivity (Wildman–Crippen MR) is 239 cm³/mol. The summed E-state index contributed by atoms with van der Waals surface area (Å²) in [5.74, 6) is -10.4. The van der Waals surface area contributed by atoms with Crippen LogP contribution in [0.15, 0.2) is 46.2 Å². The maximum Gasteiger partial charge on any atom is 0.275 e. The number of pyridine rings is 2. The predicted octanol–water partition coefficient (Wildman–Crippen LogP) is 6.85. The van der Waals surface area contributed by atoms with Gasteiger partial charge in [-0.25, -0.2) is 26.3 Å². The molecule has 2 spiro atoms. The van der Waals surface area contributed by atoms with Gasteiger partial charge in [-0.1, -0.05) is 40.0 Å². The second-order valence-corrected chi connectivity index (χ2v) is 20.6. The molecule has 6 aliphatic rings. The maximum absolute atomic E-state index is 14.1. The van der Waals surface area contributed by atoms with Gasteiger partial charge in [-0.3, -0.25) is 28.8 Å². The molecule has 20 heteroatoms. The number of benzene rings is 2. The molecular weight excluding hydrogens is 927 g/mol. The molecule has 0 radical (unpaired) electrons. The van der Waals surface area contributed by atoms with E-state index in [1.54, 1.807) is 9.47 Å². The van der Waals surface area contributed by atoms with E-state index in [1.807, 2.05) is 11.8 Å². The van der Waals surface area contributed by atoms with Crippen LogP contribution in [0.5, 0.6) is 11.5 Å². The van der Waals surface area contributed by atoms with Gasteiger partial charge < -0.3 is 39.4 Å². The largest absolute Gasteiger partial charge is 0.503 e. The summed E-state index contributed by atoms with van der Waals surface area (Å²) < 4.78 is 91.1. The van der Waals surface area contributed by atoms with Crippen LogP contribution in [0, 0.1) is 45.7 Å². The van der Waals surface area contributed by atoms with Crippen LogP contribution in [0.1, 0.15) is 138 Å². The number of aromatic nitrogens is 2. The number of carbonyl (C=O) groups is 4. The summed E-state index contributed by atoms with van der Waals surface area (Å²) in [6.45, 7) is 7.18. The van der Waals surface area contributed by atoms with Crippen molar-refractivity contribution >= 4 is 23.6 Å². The number of halogens is 6. The number of fused-ring (bicyclic) bond motifs is 4. The van der Waals surface area contributed by atoms with Crippen LogP contribution in [-0.4, -0.2) is 78.4 Å². The molecule has 4 atom stereocenters. The number of ether oxygens (including phenoxy) is 1. The van der Waals surface area contributed by atoms with Crippen LogP contribution in [0.3, 0.4) is 0 Å². The SMILES string of the molecule is CCCCOc1c2n(cc(C(=O)NCc3c(F)cc(F)cc3F)c1=O)C[C@]13CCC[C@](C)(CN1C2=O)C3.C[C@@]12CCC[C@]3(Cn4cc(C(=O)NCc5c(F)cc(F)cc5F)c(=O)c(O)c4C(=O)N3C1)C2. The van der Waals surface area contributed by atoms with Gasteiger partial charge in [0.2, 0.25) is 10.9 Å². The van der Waals surface area contributed by atoms with Gasteiger partial charge in [0.25, 0.3) is 23.6 Å². The van der Waals surface area contributed by atoms with Crippen LogP contribution >= 0.6 is 0 Å². The molecule has 14 nitrogen and oxygen atoms in total. The highest BCUT2D eigenvalue weighted by atomic mass is 19.2. The molecule has 0 unspecified atom stereocenters. The van der Waals surface area contributed by atoms with Crippen molar-refractivity contribution in [1.82, 2.24) is 29.6 Å². The zero-order valence-corrected chi connectivity index (χ0v) is 38.8. The fourth-order valence-electron chi connectivity index (χ4n) is 12.1. The van der Waals surface area contributed by atoms with E-state index in [4.69, 9.17) is 4.74 Å². The van der Waals surface area contributed by atoms with E-state index < -0.39 is 105 Å². The van der Waals surface area contributed by atoms with E-state index in [-0.39, 0.29) is 51.6 Å². The average molecular weight is 979 g/mol. The van der Waals surface area contributed by atoms with E-state index in [2.05, 4.69) is 24.5 Å². The maximum atomic E-state index is 14.1. The molecule has 2 aromatic carbocycles. The Kier molecular flexibility index (Phi) is 12.2. The summed E-state index contributed by atoms with van der Waals surface area (Å²) in [6.07, 6.45) is 11.2. The van der Waals surface area contributed by atoms with Gasteiger partial charge >= 0.3 is 0 Å². The second-order valence-electron chi connectivity index (χ2n) is 20.6. The Bertz CT molecular complexity index is 2970. The minimum atomic E-state index is -1.18. The van der Waals surface area contributed by atoms with E-state index in [0.717, 1.165) is 57.8 Å². The van der Waals surface area contributed by atoms with Gasteiger partial charge in [0.15, 0.2) is 22.9 Å². The third kappa shape index (κ3) is 8.29. The molecule has 2 aliphatic carbocycles. The summed E-state index contributed by atoms with van der Waals surface area (Å²) in [5, 5.41) is 15.1. The number of nitrogens with one attached hydrogen (secondary N) is 2. The lowest BCUT2D eigenvalue weighted by Gasteiger charge is -2.45. The molecule has 3 N–H and O–H groups in total. The first-order chi connectivity index (χ1) is 33.1. The topological polar surface area (TPSA) is 172 Å². The molecule has 372 valence electrons. The van der Waals surface area contributed by atoms with Crippen LogP contribution < -0.4 is 26.2 Å². The number of rotatable bonds is 10. The highest BCUT2D eigenvalue weighted by Crippen LogP contribution is 2.55. The van der Waals surface area contributed by atoms with Gasteiger partial charge in [0.05, 0.1) is 17.7 Å². The number of carbonyl (C=O) groups excluding carboxylic acids is 4. The van der Waals surface area contributed by atoms with E-state index in [9.17, 15) is 60.2 Å². The van der Waals surface area contributed by atoms with E-state index >= 15 is 0 Å². The minimum absolute atomic E-state index is 0.00352. The summed E-state index contributed by atoms with van der Waals surface area (Å²) in [5.41, 5.74) is -4.50. The normalized spacial score (nSPS) is 24.8. The molecule has 4 fully saturated rings. The summed E-state index contributed by atoms with van der Waals surface area (Å²) in [7, 11) is 0. The van der Waals surface area contributed by atoms with Crippen molar-refractivity contribution in [2.45, 2.75) is 122 Å². The Morgan fingerprint density at radius 3 is 1.53 bits per heavy atom. The number of hydrogen-bond acceptors (Lipinski definition) is 8. The quantitative estimate of drug-likeness (QED) is 0.114. The molecule has 4 aromatic rings. The number of amides is 4. The van der Waals surface area contributed by atoms with Gasteiger partial charge in [0, 0.05) is 87.1 Å². The summed E-state index contributed by atoms with van der Waals surface area (Å²) in [6, 6.07) is 2.02. The zero-order valence-electron chi connectivity index (χ0n) is 38.8. The summed E-state index contributed by atoms with van der Waals surface area (Å²) in [4.78, 5) is 82.5. The number of aromatic hydroxyl groups is 1. The van der Waals surface area contributed by atoms with Gasteiger partial charge in [-0.2, -0.15) is 0 Å². The van der Waals surface area contributed by atoms with Crippen molar-refractivity contribution in [2.75, 3.05) is 19.7 Å². The van der Waals surface area contributed by atoms with Crippen LogP contribution in [0.4, 0.5) is 26.3 Å². The first-order valence-electron chi connectivity index (χ1n) is 23.4. The number of nitrogens with zero attached hydrogens (tertiary/aromatic N) is 4. The van der Waals surface area contributed by atoms with Crippen molar-refractivity contribution in [3.05, 3.63) is 126 Å². The zero-order chi connectivity index (χ0) is 50.2. The molecule has 6 heterocycles. The molecule has 2 saturated carbocycles. The van der Waals surface area contributed by atoms with Crippen LogP contribution in [0.25, 0.3) is 0 Å². The third-order valence-corrected chi connectivity index (χ3v) is 15.2. The first-order valence-corrected chi connectivity index (χ1v) is 23.4. The van der Waals surface area contributed by atoms with Crippen molar-refractivity contribution in [2.24, 2.45) is 10.8 Å². The molecule has 70 heavy (non-hydrogen) atoms. The minimum Gasteiger partial charge on any atom is -0.503 e. The Balaban J connectivity index is 0.000000175. The highest BCUT2D eigenvalue weighted by molar-refractivity contribution is 6.01. The van der Waals surface area contributed by atoms with E-state index in [1.165, 1.54) is 17.0 Å². The van der Waals surface area contributed by atoms with Crippen molar-refractivity contribution in [1.29, 1.82) is 0 Å². The monoisotopic (exact) mass is 978 g/mol. The molecule has 10 rings (SSSR count). The number of unbranched alkanes of at least 4 members (excludes halogenated alkanes) is 1. The lowest BCUT2D eigenvalue weighted by molar-refractivity contribution is 0.0407. The Morgan fingerprint density at radius 1 is 0.643 bits per heavy atom. The summed E-state index contributed by atoms with van der Waals surface area (Å²) >= 11 is 0. The van der Waals surface area contributed by atoms with Gasteiger partial charge in [-0.15, -0.1) is 0 Å². The van der Waals surface area contributed by atoms with Crippen molar-refractivity contribution in [3.8, 4) is 11.5 Å². The van der Waals surface area contributed by atoms with Crippen LogP contribution in [0.2, 0.25) is 0 Å². The third-order valence-electron chi connectivity index (χ3n) is 15.2. The fraction of sp³-hybridized carbons (Fsp3) is 0.480. The molecule has 2 aromatic heterocycles. The Morgan fingerprint density at radius 2 is 1.07 bits per heavy atom. The standard InChI is InChI=1S/C27H30F3N3O4.C23H22F3N3O4/c1-3-4-8-37-23-21-25(36)33-14-26(2)6-5-7-27(33,13-26)15-32(21)12-18(22(23)34)24(35)31-11-17-19(29)9-16(28)10-20(17)30;1-22-3-2-4-23(9-22)11-28-8-14(18(30)19(31)17(28)21(33)29(23)10-22)20(32)27-7-13-15(25)5-12(24)6-16(13)26/h9-10,12H,3-8,11,13-15H2,1-2H3,(H,31,35);5-6,8,31H,2-4,7,9-11H2,1H3,(H,27,32)/t26-,27+;22-,23+/m00/s1. The molecule has 4 bridgehead atoms. The highest BCUT2D eigenvalue weighted by Gasteiger charge is 2.59. The lowest BCUT2D eigenvalue weighted by atomic mass is 9.71. The van der Waals surface area contributed by atoms with Crippen molar-refractivity contribution < 1.29 is 55.4 Å². The first kappa shape index (κ1) is 48.4. The smallest absolute Gasteiger partial charge is 0.275 e. The Hall–Kier alpha value is -6.60. The lowest BCUT2D eigenvalue weighted by Crippen LogP contribution is -2.55. The number of hydrogen-bond donors (Lipinski definition) is 3. The van der Waals surface area contributed by atoms with Gasteiger partial charge in [-0.05, 0) is 55.8 Å². The second kappa shape index (κ2) is 17.7. The average Bonchev–Trinajstić information content (AvgIpc) is 3.63. The molecular formula is C50H52F6N6O8. The molecule has 2 saturated heterocycles. The van der Waals surface area contributed by atoms with Crippen LogP contribution in [-0.2, 0) is 26.2 Å². The fourth-order valence-corrected chi connectivity index (χ4v) is 12.1. The molecule has 4 aliphatic heterocycles.